The average molecular weight is 1620 g/mol. The molecule has 16 heteroatoms. The van der Waals surface area contributed by atoms with Gasteiger partial charge in [0.15, 0.2) is 0 Å². The van der Waals surface area contributed by atoms with Gasteiger partial charge in [0.2, 0.25) is 0 Å². The van der Waals surface area contributed by atoms with Crippen molar-refractivity contribution in [3.05, 3.63) is 147 Å². The summed E-state index contributed by atoms with van der Waals surface area (Å²) in [6.45, 7) is 29.7. The van der Waals surface area contributed by atoms with E-state index in [1.807, 2.05) is 64.9 Å². The van der Waals surface area contributed by atoms with Crippen molar-refractivity contribution in [2.45, 2.75) is 250 Å². The van der Waals surface area contributed by atoms with Crippen molar-refractivity contribution in [2.75, 3.05) is 26.2 Å². The van der Waals surface area contributed by atoms with Crippen LogP contribution in [0.2, 0.25) is 0 Å². The van der Waals surface area contributed by atoms with Gasteiger partial charge < -0.3 is 19.6 Å². The van der Waals surface area contributed by atoms with Gasteiger partial charge in [-0.2, -0.15) is 0 Å². The highest BCUT2D eigenvalue weighted by molar-refractivity contribution is 7.29. The Balaban J connectivity index is 1.00. The molecule has 9 aromatic rings. The normalized spacial score (nSPS) is 16.5. The molecule has 0 radical (unpaired) electrons. The minimum Gasteiger partial charge on any atom is -0.306 e. The molecule has 586 valence electrons. The Kier molecular flexibility index (Phi) is 28.5. The molecule has 0 saturated carbocycles. The molecule has 0 saturated heterocycles. The molecule has 0 bridgehead atoms. The molecular weight excluding hydrogens is 1510 g/mol. The van der Waals surface area contributed by atoms with Crippen LogP contribution in [0.4, 0.5) is 0 Å². The van der Waals surface area contributed by atoms with Crippen molar-refractivity contribution < 1.29 is 19.2 Å². The highest BCUT2D eigenvalue weighted by Gasteiger charge is 2.52. The van der Waals surface area contributed by atoms with Crippen LogP contribution in [0, 0.1) is 35.5 Å². The van der Waals surface area contributed by atoms with Crippen LogP contribution in [0.1, 0.15) is 266 Å². The fourth-order valence-corrected chi connectivity index (χ4v) is 26.3. The lowest BCUT2D eigenvalue weighted by atomic mass is 9.95. The number of nitrogens with zero attached hydrogens (tertiary/aromatic N) is 4. The number of unbranched alkanes of at least 4 members (excludes halogenated alkanes) is 6. The standard InChI is InChI=1S/C94H118N4O4S8/c1-13-25-33-59(19-7)51-65-41-43-71(105-65)79-67-53-77(69-45-47-75(107-69)87-83-81(91(99)97(87)57-63(23-11)37-29-17-5)85(73-39-31-49-103-73)95(93(83)101)55-61(21-9)35-27-15-3)110-90(67)80(72-44-42-66(106-72)52-60(20-8)34-26-14-2)68-54-78(109-89(68)79)70-46-48-76(108-70)88-84-82(92(100)98(88)58-64(24-12)38-30-18-6)86(74-40-32-50-104-74)96(94(84)102)56-62(22-10)36-28-16-4/h31-32,39-50,53-54,59-64H,13-30,33-38,51-52,55-58H2,1-12H3. The van der Waals surface area contributed by atoms with Crippen LogP contribution in [0.5, 0.6) is 0 Å². The SMILES string of the molecule is CCCCC(CC)Cc1ccc(-c2c3cc(-c4ccc(C5=C6C(=O)N(CC(CC)CCCC)C(c7cccs7)=C6C(=O)N5CC(CC)CCCC)s4)sc3c(-c3ccc(CC(CC)CCCC)s3)c3cc(-c4ccc(C5=C6C(=O)N(CC(CC)CCCC)C(c7cccs7)=C6C(=O)N5CC(CC)CCCC)s4)sc23)s1. The van der Waals surface area contributed by atoms with Crippen molar-refractivity contribution in [1.29, 1.82) is 0 Å². The third-order valence-corrected chi connectivity index (χ3v) is 33.2. The summed E-state index contributed by atoms with van der Waals surface area (Å²) in [5, 5.41) is 6.67. The van der Waals surface area contributed by atoms with E-state index in [2.05, 4.69) is 179 Å². The first-order chi connectivity index (χ1) is 53.7. The monoisotopic (exact) mass is 1620 g/mol. The Morgan fingerprint density at radius 2 is 0.573 bits per heavy atom. The number of hydrogen-bond acceptors (Lipinski definition) is 12. The Morgan fingerprint density at radius 1 is 0.291 bits per heavy atom. The molecule has 1 aromatic carbocycles. The molecule has 6 unspecified atom stereocenters. The molecule has 0 fully saturated rings. The van der Waals surface area contributed by atoms with Crippen LogP contribution in [-0.2, 0) is 32.0 Å². The van der Waals surface area contributed by atoms with Crippen molar-refractivity contribution in [1.82, 2.24) is 19.6 Å². The maximum Gasteiger partial charge on any atom is 0.261 e. The van der Waals surface area contributed by atoms with Gasteiger partial charge in [0, 0.05) is 96.5 Å². The van der Waals surface area contributed by atoms with Gasteiger partial charge in [-0.05, 0) is 158 Å². The summed E-state index contributed by atoms with van der Waals surface area (Å²) in [4.78, 5) is 85.2. The third-order valence-electron chi connectivity index (χ3n) is 24.3. The molecule has 13 rings (SSSR count). The molecule has 8 aromatic heterocycles. The zero-order chi connectivity index (χ0) is 77.3. The van der Waals surface area contributed by atoms with E-state index in [1.54, 1.807) is 45.3 Å². The number of amides is 4. The summed E-state index contributed by atoms with van der Waals surface area (Å²) >= 11 is 14.5. The summed E-state index contributed by atoms with van der Waals surface area (Å²) in [5.41, 5.74) is 8.09. The molecule has 0 aliphatic carbocycles. The van der Waals surface area contributed by atoms with E-state index in [9.17, 15) is 0 Å². The summed E-state index contributed by atoms with van der Waals surface area (Å²) < 4.78 is 2.55. The molecule has 8 nitrogen and oxygen atoms in total. The van der Waals surface area contributed by atoms with Gasteiger partial charge in [0.25, 0.3) is 23.6 Å². The summed E-state index contributed by atoms with van der Waals surface area (Å²) in [5.74, 6) is 2.33. The summed E-state index contributed by atoms with van der Waals surface area (Å²) in [6.07, 6.45) is 28.6. The fraction of sp³-hybridized carbons (Fsp3) is 0.511. The quantitative estimate of drug-likeness (QED) is 0.0381. The number of carbonyl (C=O) groups excluding carboxylic acids is 4. The smallest absolute Gasteiger partial charge is 0.261 e. The Hall–Kier alpha value is -5.82. The molecule has 6 atom stereocenters. The maximum absolute atomic E-state index is 15.8. The van der Waals surface area contributed by atoms with Crippen molar-refractivity contribution in [3.63, 3.8) is 0 Å². The predicted octanol–water partition coefficient (Wildman–Crippen LogP) is 29.2. The van der Waals surface area contributed by atoms with E-state index in [0.717, 1.165) is 180 Å². The molecule has 0 spiro atoms. The number of fused-ring (bicyclic) bond motifs is 4. The minimum absolute atomic E-state index is 0.0354. The maximum atomic E-state index is 15.8. The summed E-state index contributed by atoms with van der Waals surface area (Å²) in [7, 11) is 0. The topological polar surface area (TPSA) is 81.2 Å². The van der Waals surface area contributed by atoms with Crippen LogP contribution >= 0.6 is 90.7 Å². The van der Waals surface area contributed by atoms with E-state index < -0.39 is 0 Å². The van der Waals surface area contributed by atoms with Gasteiger partial charge in [-0.1, -0.05) is 224 Å². The first-order valence-corrected chi connectivity index (χ1v) is 49.1. The van der Waals surface area contributed by atoms with Gasteiger partial charge in [-0.3, -0.25) is 19.2 Å². The van der Waals surface area contributed by atoms with E-state index in [1.165, 1.54) is 99.1 Å². The van der Waals surface area contributed by atoms with Crippen LogP contribution in [-0.4, -0.2) is 69.4 Å². The van der Waals surface area contributed by atoms with Crippen LogP contribution in [0.25, 0.3) is 83.4 Å². The van der Waals surface area contributed by atoms with Gasteiger partial charge in [-0.15, -0.1) is 90.7 Å². The number of rotatable bonds is 44. The summed E-state index contributed by atoms with van der Waals surface area (Å²) in [6, 6.07) is 32.0. The van der Waals surface area contributed by atoms with Gasteiger partial charge in [0.1, 0.15) is 0 Å². The first-order valence-electron chi connectivity index (χ1n) is 42.4. The Bertz CT molecular complexity index is 4450. The van der Waals surface area contributed by atoms with E-state index in [-0.39, 0.29) is 23.6 Å². The molecule has 4 aliphatic rings. The first kappa shape index (κ1) is 82.2. The second-order valence-electron chi connectivity index (χ2n) is 31.7. The van der Waals surface area contributed by atoms with Crippen LogP contribution < -0.4 is 0 Å². The Labute approximate surface area is 689 Å². The zero-order valence-electron chi connectivity index (χ0n) is 67.6. The van der Waals surface area contributed by atoms with Gasteiger partial charge in [-0.25, -0.2) is 0 Å². The highest BCUT2D eigenvalue weighted by atomic mass is 32.1. The van der Waals surface area contributed by atoms with Crippen molar-refractivity contribution >= 4 is 157 Å². The van der Waals surface area contributed by atoms with Gasteiger partial charge in [0.05, 0.1) is 64.6 Å². The number of hydrogen-bond donors (Lipinski definition) is 0. The number of benzene rings is 1. The second kappa shape index (κ2) is 38.1. The molecule has 12 heterocycles. The van der Waals surface area contributed by atoms with Crippen molar-refractivity contribution in [3.8, 4) is 40.4 Å². The lowest BCUT2D eigenvalue weighted by Gasteiger charge is -2.29. The zero-order valence-corrected chi connectivity index (χ0v) is 74.1. The fourth-order valence-electron chi connectivity index (χ4n) is 17.4. The number of carbonyl (C=O) groups is 4. The van der Waals surface area contributed by atoms with E-state index in [4.69, 9.17) is 0 Å². The lowest BCUT2D eigenvalue weighted by Crippen LogP contribution is -2.34. The van der Waals surface area contributed by atoms with E-state index in [0.29, 0.717) is 84.0 Å². The minimum atomic E-state index is -0.0354. The average Bonchev–Trinajstić information content (AvgIpc) is 1.44. The van der Waals surface area contributed by atoms with E-state index >= 15 is 19.2 Å². The third kappa shape index (κ3) is 17.0. The molecular formula is C94H118N4O4S8. The number of thiophene rings is 8. The van der Waals surface area contributed by atoms with Gasteiger partial charge >= 0.3 is 0 Å². The molecule has 110 heavy (non-hydrogen) atoms. The lowest BCUT2D eigenvalue weighted by molar-refractivity contribution is -0.124. The highest BCUT2D eigenvalue weighted by Crippen LogP contribution is 2.58. The predicted molar refractivity (Wildman–Crippen MR) is 481 cm³/mol. The van der Waals surface area contributed by atoms with Crippen LogP contribution in [0.3, 0.4) is 0 Å². The Morgan fingerprint density at radius 3 is 0.855 bits per heavy atom. The second-order valence-corrected chi connectivity index (χ2v) is 40.2. The van der Waals surface area contributed by atoms with Crippen LogP contribution in [0.15, 0.2) is 118 Å². The largest absolute Gasteiger partial charge is 0.306 e. The van der Waals surface area contributed by atoms with Crippen molar-refractivity contribution in [2.24, 2.45) is 35.5 Å². The molecule has 0 N–H and O–H groups in total. The molecule has 4 amide bonds. The molecule has 4 aliphatic heterocycles.